The molecule has 0 amide bonds. The first-order valence-corrected chi connectivity index (χ1v) is 29.8. The van der Waals surface area contributed by atoms with Gasteiger partial charge in [0.2, 0.25) is 0 Å². The van der Waals surface area contributed by atoms with E-state index in [2.05, 4.69) is 0 Å². The Morgan fingerprint density at radius 2 is 0.283 bits per heavy atom. The van der Waals surface area contributed by atoms with Crippen LogP contribution in [0.3, 0.4) is 0 Å². The highest BCUT2D eigenvalue weighted by Gasteiger charge is 3.42. The second-order valence-corrected chi connectivity index (χ2v) is 37.4. The predicted molar refractivity (Wildman–Crippen MR) is 195 cm³/mol. The van der Waals surface area contributed by atoms with Crippen molar-refractivity contribution in [3.8, 4) is 0 Å². The topological polar surface area (TPSA) is 0 Å². The van der Waals surface area contributed by atoms with Crippen LogP contribution in [0.2, 0.25) is 0 Å². The summed E-state index contributed by atoms with van der Waals surface area (Å²) in [5.41, 5.74) is 19.7. The molecule has 0 heteroatoms. The highest BCUT2D eigenvalue weighted by atomic mass is 15.4. The van der Waals surface area contributed by atoms with Gasteiger partial charge in [-0.2, -0.15) is 0 Å². The molecule has 38 saturated carbocycles. The third-order valence-electron chi connectivity index (χ3n) is 47.8. The van der Waals surface area contributed by atoms with Gasteiger partial charge in [-0.05, 0) is 348 Å². The monoisotopic (exact) mass is 766 g/mol. The lowest BCUT2D eigenvalue weighted by atomic mass is 8.62. The molecule has 0 N–H and O–H groups in total. The highest BCUT2D eigenvalue weighted by molar-refractivity contribution is 5.87. The SMILES string of the molecule is C1C2C[C@@H]3[C@@H]4[C@@H]5[C@@H]6[C@@H]7[C@@H]8[C@@H]9[C@@H]%10C%11[C@@H]%12[C@@H]%13[C@@H]%14[C@@H]%15[C@@H]%16[C@@H]%17[C@@H]%18[C@@H]%19[C@@H]%20CC%21CC%22C%23C%24C%25C%26C%27C%28C%29C%30C%31C%32C%33C%34C%35C%36C%37C%38C1C23C%384C%375C%366C%357C%348C%339C%32%10C%31%11C%30%12C%29%13C%28%14C%27%15C%26%16C%25%17C%24%18C%23%19C%21%22%20. The van der Waals surface area contributed by atoms with Crippen LogP contribution in [0.15, 0.2) is 0 Å². The van der Waals surface area contributed by atoms with Crippen LogP contribution in [0, 0.1) is 322 Å². The lowest BCUT2D eigenvalue weighted by molar-refractivity contribution is -0.956. The molecule has 0 heterocycles. The minimum Gasteiger partial charge on any atom is -0.0461 e. The lowest BCUT2D eigenvalue weighted by Crippen LogP contribution is -3.39. The first-order valence-electron chi connectivity index (χ1n) is 29.8. The fourth-order valence-corrected chi connectivity index (χ4v) is 56.8. The van der Waals surface area contributed by atoms with Gasteiger partial charge in [-0.15, -0.1) is 0 Å². The standard InChI is InChI=1S/C60H46/c1-5-2-8-12-16-20-24-28-32-36-41-42-38-34-30-26-22-18-14-10-4-6-3-9-13-17-21-25-29-33-37-40-39-35-31-27-23-19-15-11-7(1)43(5,8)45(11,12)47(15,16)49(19,20)51(23,24)53(27,28)55(31,32)57(35,36)59(39,41)60(40,42)58(37,38)56(33,34)54(29,30)52(25,26)50(21,22)48(17,18)46(13,14)44(6,9)10/h5-42H,1-4H2/t5?,6?,7-,8?,9+,10?,11-,12?,13+,14?,15-,16?,17+,18?,19-,20?,21+,22?,23-,24?,25+,26?,27-,28?,29+,30?,31-,32?,33+,34?,35-,36?,37+,38?,39-,40?,41?,42?,43?,44?,45?,46?,47?,48?,49?,50?,51?,52?,53?,54?,55?,56?,57?,58?,59?,60?/m0/s1. The molecule has 0 nitrogen and oxygen atoms in total. The number of hydrogen-bond acceptors (Lipinski definition) is 0. The summed E-state index contributed by atoms with van der Waals surface area (Å²) in [5.74, 6) is 52.4. The Kier molecular flexibility index (Phi) is 1.44. The van der Waals surface area contributed by atoms with Crippen molar-refractivity contribution >= 4 is 0 Å². The van der Waals surface area contributed by atoms with E-state index < -0.39 is 0 Å². The van der Waals surface area contributed by atoms with E-state index in [1.165, 1.54) is 225 Å². The molecular weight excluding hydrogens is 721 g/mol. The fourth-order valence-electron chi connectivity index (χ4n) is 56.8. The summed E-state index contributed by atoms with van der Waals surface area (Å²) in [6.07, 6.45) is 7.07. The summed E-state index contributed by atoms with van der Waals surface area (Å²) in [5, 5.41) is 0. The van der Waals surface area contributed by atoms with E-state index in [1.54, 1.807) is 25.7 Å². The van der Waals surface area contributed by atoms with Crippen molar-refractivity contribution in [3.05, 3.63) is 0 Å². The van der Waals surface area contributed by atoms with Crippen molar-refractivity contribution in [2.45, 2.75) is 25.7 Å². The smallest absolute Gasteiger partial charge is 0.00932 e. The maximum Gasteiger partial charge on any atom is -0.00932 e. The van der Waals surface area contributed by atoms with Crippen LogP contribution in [-0.4, -0.2) is 0 Å². The average molecular weight is 767 g/mol. The van der Waals surface area contributed by atoms with Crippen LogP contribution in [0.5, 0.6) is 0 Å². The maximum atomic E-state index is 1.77. The van der Waals surface area contributed by atoms with Crippen LogP contribution in [0.25, 0.3) is 0 Å². The molecule has 60 heavy (non-hydrogen) atoms. The van der Waals surface area contributed by atoms with Gasteiger partial charge in [-0.3, -0.25) is 0 Å². The minimum atomic E-state index is 1.07. The summed E-state index contributed by atoms with van der Waals surface area (Å²) in [7, 11) is 0. The Bertz CT molecular complexity index is 3120. The lowest BCUT2D eigenvalue weighted by Gasteiger charge is -3.41. The van der Waals surface area contributed by atoms with E-state index in [-0.39, 0.29) is 0 Å². The van der Waals surface area contributed by atoms with Crippen molar-refractivity contribution in [2.75, 3.05) is 0 Å². The van der Waals surface area contributed by atoms with Gasteiger partial charge in [-0.25, -0.2) is 0 Å². The molecule has 0 aromatic carbocycles. The molecule has 38 aliphatic carbocycles. The van der Waals surface area contributed by atoms with Crippen molar-refractivity contribution in [1.29, 1.82) is 0 Å². The minimum absolute atomic E-state index is 1.07. The van der Waals surface area contributed by atoms with Gasteiger partial charge in [0.1, 0.15) is 0 Å². The summed E-state index contributed by atoms with van der Waals surface area (Å²) < 4.78 is 0. The van der Waals surface area contributed by atoms with E-state index in [9.17, 15) is 0 Å². The molecule has 0 aliphatic heterocycles. The average Bonchev–Trinajstić information content (AvgIpc) is 3.10. The third kappa shape index (κ3) is 0.663. The Balaban J connectivity index is 0.560. The molecular formula is C60H46. The quantitative estimate of drug-likeness (QED) is 0.275. The van der Waals surface area contributed by atoms with Gasteiger partial charge in [-0.1, -0.05) is 0 Å². The van der Waals surface area contributed by atoms with E-state index >= 15 is 0 Å². The van der Waals surface area contributed by atoms with Gasteiger partial charge in [0.05, 0.1) is 0 Å². The van der Waals surface area contributed by atoms with Crippen molar-refractivity contribution in [1.82, 2.24) is 0 Å². The van der Waals surface area contributed by atoms with Gasteiger partial charge in [0.25, 0.3) is 0 Å². The van der Waals surface area contributed by atoms with Gasteiger partial charge >= 0.3 is 0 Å². The van der Waals surface area contributed by atoms with Crippen LogP contribution >= 0.6 is 0 Å². The first kappa shape index (κ1) is 22.2. The fraction of sp³-hybridized carbons (Fsp3) is 1.00. The normalized spacial score (nSPS) is 128. The summed E-state index contributed by atoms with van der Waals surface area (Å²) in [6, 6.07) is 0. The summed E-state index contributed by atoms with van der Waals surface area (Å²) in [6.45, 7) is 0. The first-order chi connectivity index (χ1) is 29.8. The molecule has 0 aromatic heterocycles. The van der Waals surface area contributed by atoms with E-state index in [0.29, 0.717) is 0 Å². The van der Waals surface area contributed by atoms with Crippen LogP contribution < -0.4 is 0 Å². The maximum absolute atomic E-state index is 1.77. The van der Waals surface area contributed by atoms with Crippen LogP contribution in [-0.2, 0) is 0 Å². The zero-order valence-electron chi connectivity index (χ0n) is 33.8. The molecule has 0 radical (unpaired) electrons. The molecule has 286 valence electrons. The molecule has 39 unspecified atom stereocenters. The third-order valence-corrected chi connectivity index (χ3v) is 47.8. The number of rotatable bonds is 0. The summed E-state index contributed by atoms with van der Waals surface area (Å²) in [4.78, 5) is 0. The Morgan fingerprint density at radius 3 is 0.433 bits per heavy atom. The Labute approximate surface area is 346 Å². The van der Waals surface area contributed by atoms with Gasteiger partial charge < -0.3 is 0 Å². The highest BCUT2D eigenvalue weighted by Crippen LogP contribution is 3.44. The van der Waals surface area contributed by atoms with Gasteiger partial charge in [0.15, 0.2) is 0 Å². The van der Waals surface area contributed by atoms with E-state index in [0.717, 1.165) is 97.5 Å². The second-order valence-electron chi connectivity index (χ2n) is 37.4. The number of fused-ring (bicyclic) bond motifs is 34. The second kappa shape index (κ2) is 3.89. The largest absolute Gasteiger partial charge is 0.0461 e. The zero-order valence-corrected chi connectivity index (χ0v) is 33.8. The van der Waals surface area contributed by atoms with Crippen molar-refractivity contribution < 1.29 is 0 Å². The van der Waals surface area contributed by atoms with E-state index in [4.69, 9.17) is 0 Å². The Hall–Kier alpha value is 0. The van der Waals surface area contributed by atoms with Crippen molar-refractivity contribution in [2.24, 2.45) is 322 Å². The molecule has 0 saturated heterocycles. The predicted octanol–water partition coefficient (Wildman–Crippen LogP) is 6.23. The van der Waals surface area contributed by atoms with E-state index in [1.807, 2.05) is 0 Å². The molecule has 18 spiro atoms. The summed E-state index contributed by atoms with van der Waals surface area (Å²) >= 11 is 0. The van der Waals surface area contributed by atoms with Gasteiger partial charge in [0, 0.05) is 0 Å². The van der Waals surface area contributed by atoms with Crippen LogP contribution in [0.4, 0.5) is 0 Å². The molecule has 38 aliphatic rings. The molecule has 38 fully saturated rings. The molecule has 0 bridgehead atoms. The molecule has 38 rings (SSSR count). The Morgan fingerprint density at radius 1 is 0.150 bits per heavy atom. The number of hydrogen-bond donors (Lipinski definition) is 0. The molecule has 0 aromatic rings. The van der Waals surface area contributed by atoms with Crippen LogP contribution in [0.1, 0.15) is 25.7 Å². The van der Waals surface area contributed by atoms with Crippen molar-refractivity contribution in [3.63, 3.8) is 0 Å². The zero-order chi connectivity index (χ0) is 33.8. The molecule has 56 atom stereocenters.